The first-order valence-electron chi connectivity index (χ1n) is 5.95. The average molecular weight is 190 g/mol. The highest BCUT2D eigenvalue weighted by Gasteiger charge is 1.84. The summed E-state index contributed by atoms with van der Waals surface area (Å²) in [6.45, 7) is 0. The molecule has 0 heteroatoms. The number of rotatable bonds is 0. The average Bonchev–Trinajstić information content (AvgIpc) is 2.22. The fourth-order valence-corrected chi connectivity index (χ4v) is 1.61. The Bertz CT molecular complexity index is 174. The molecule has 1 aliphatic rings. The molecule has 14 heavy (non-hydrogen) atoms. The third-order valence-corrected chi connectivity index (χ3v) is 2.48. The predicted molar refractivity (Wildman–Crippen MR) is 64.4 cm³/mol. The summed E-state index contributed by atoms with van der Waals surface area (Å²) >= 11 is 0. The minimum atomic E-state index is 1.21. The van der Waals surface area contributed by atoms with E-state index in [4.69, 9.17) is 0 Å². The maximum absolute atomic E-state index is 2.34. The molecule has 0 amide bonds. The molecule has 0 saturated carbocycles. The van der Waals surface area contributed by atoms with Gasteiger partial charge in [0.05, 0.1) is 0 Å². The van der Waals surface area contributed by atoms with Gasteiger partial charge in [0, 0.05) is 0 Å². The van der Waals surface area contributed by atoms with E-state index < -0.39 is 0 Å². The minimum absolute atomic E-state index is 1.21. The molecule has 1 rings (SSSR count). The van der Waals surface area contributed by atoms with Crippen LogP contribution >= 0.6 is 0 Å². The van der Waals surface area contributed by atoms with E-state index >= 15 is 0 Å². The summed E-state index contributed by atoms with van der Waals surface area (Å²) in [7, 11) is 0. The first kappa shape index (κ1) is 11.3. The monoisotopic (exact) mass is 190 g/mol. The Labute approximate surface area is 88.4 Å². The molecule has 0 atom stereocenters. The van der Waals surface area contributed by atoms with Crippen molar-refractivity contribution in [3.05, 3.63) is 36.5 Å². The minimum Gasteiger partial charge on any atom is -0.0885 e. The van der Waals surface area contributed by atoms with Crippen molar-refractivity contribution in [3.63, 3.8) is 0 Å². The Morgan fingerprint density at radius 1 is 0.357 bits per heavy atom. The Hall–Kier alpha value is -0.780. The summed E-state index contributed by atoms with van der Waals surface area (Å²) in [5, 5.41) is 0. The smallest absolute Gasteiger partial charge is 0.0316 e. The largest absolute Gasteiger partial charge is 0.0885 e. The van der Waals surface area contributed by atoms with Crippen LogP contribution in [0.2, 0.25) is 0 Å². The second kappa shape index (κ2) is 8.80. The predicted octanol–water partition coefficient (Wildman–Crippen LogP) is 4.79. The van der Waals surface area contributed by atoms with Crippen LogP contribution in [0.5, 0.6) is 0 Å². The highest BCUT2D eigenvalue weighted by atomic mass is 13.9. The SMILES string of the molecule is C1=C\CCC/C=C/CC/C=C/CCC/1. The van der Waals surface area contributed by atoms with Crippen molar-refractivity contribution >= 4 is 0 Å². The Morgan fingerprint density at radius 3 is 1.00 bits per heavy atom. The summed E-state index contributed by atoms with van der Waals surface area (Å²) in [4.78, 5) is 0. The molecule has 0 unspecified atom stereocenters. The van der Waals surface area contributed by atoms with Gasteiger partial charge in [-0.1, -0.05) is 36.5 Å². The molecule has 0 heterocycles. The molecule has 1 aliphatic carbocycles. The van der Waals surface area contributed by atoms with Gasteiger partial charge in [-0.3, -0.25) is 0 Å². The Balaban J connectivity index is 2.25. The molecule has 0 aromatic heterocycles. The lowest BCUT2D eigenvalue weighted by atomic mass is 10.1. The fourth-order valence-electron chi connectivity index (χ4n) is 1.61. The van der Waals surface area contributed by atoms with Gasteiger partial charge in [0.15, 0.2) is 0 Å². The Morgan fingerprint density at radius 2 is 0.643 bits per heavy atom. The third-order valence-electron chi connectivity index (χ3n) is 2.48. The molecule has 0 radical (unpaired) electrons. The van der Waals surface area contributed by atoms with E-state index in [1.807, 2.05) is 0 Å². The maximum Gasteiger partial charge on any atom is -0.0316 e. The highest BCUT2D eigenvalue weighted by molar-refractivity contribution is 4.90. The van der Waals surface area contributed by atoms with Gasteiger partial charge in [0.1, 0.15) is 0 Å². The van der Waals surface area contributed by atoms with Crippen molar-refractivity contribution in [2.45, 2.75) is 51.4 Å². The second-order valence-corrected chi connectivity index (χ2v) is 3.85. The van der Waals surface area contributed by atoms with Crippen molar-refractivity contribution < 1.29 is 0 Å². The van der Waals surface area contributed by atoms with E-state index in [2.05, 4.69) is 36.5 Å². The highest BCUT2D eigenvalue weighted by Crippen LogP contribution is 2.05. The molecule has 0 nitrogen and oxygen atoms in total. The summed E-state index contributed by atoms with van der Waals surface area (Å²) in [6, 6.07) is 0. The molecule has 0 N–H and O–H groups in total. The van der Waals surface area contributed by atoms with Gasteiger partial charge in [0.25, 0.3) is 0 Å². The lowest BCUT2D eigenvalue weighted by Crippen LogP contribution is -1.74. The first-order valence-corrected chi connectivity index (χ1v) is 5.95. The van der Waals surface area contributed by atoms with Crippen LogP contribution in [0.25, 0.3) is 0 Å². The van der Waals surface area contributed by atoms with E-state index in [0.29, 0.717) is 0 Å². The number of hydrogen-bond donors (Lipinski definition) is 0. The molecule has 0 aliphatic heterocycles. The maximum atomic E-state index is 2.34. The normalized spacial score (nSPS) is 27.4. The molecule has 0 aromatic carbocycles. The number of allylic oxidation sites excluding steroid dienone is 6. The molecular weight excluding hydrogens is 168 g/mol. The van der Waals surface area contributed by atoms with Crippen LogP contribution < -0.4 is 0 Å². The molecular formula is C14H22. The van der Waals surface area contributed by atoms with Gasteiger partial charge >= 0.3 is 0 Å². The summed E-state index contributed by atoms with van der Waals surface area (Å²) in [5.74, 6) is 0. The second-order valence-electron chi connectivity index (χ2n) is 3.85. The van der Waals surface area contributed by atoms with E-state index in [-0.39, 0.29) is 0 Å². The number of hydrogen-bond acceptors (Lipinski definition) is 0. The van der Waals surface area contributed by atoms with Crippen LogP contribution in [0.3, 0.4) is 0 Å². The van der Waals surface area contributed by atoms with Crippen molar-refractivity contribution in [2.24, 2.45) is 0 Å². The van der Waals surface area contributed by atoms with Crippen molar-refractivity contribution in [1.29, 1.82) is 0 Å². The van der Waals surface area contributed by atoms with Gasteiger partial charge < -0.3 is 0 Å². The molecule has 0 saturated heterocycles. The van der Waals surface area contributed by atoms with E-state index in [1.54, 1.807) is 0 Å². The fraction of sp³-hybridized carbons (Fsp3) is 0.571. The van der Waals surface area contributed by atoms with Crippen molar-refractivity contribution in [3.8, 4) is 0 Å². The summed E-state index contributed by atoms with van der Waals surface area (Å²) in [6.07, 6.45) is 24.0. The summed E-state index contributed by atoms with van der Waals surface area (Å²) in [5.41, 5.74) is 0. The molecule has 0 bridgehead atoms. The van der Waals surface area contributed by atoms with E-state index in [9.17, 15) is 0 Å². The van der Waals surface area contributed by atoms with Gasteiger partial charge in [-0.25, -0.2) is 0 Å². The molecule has 0 spiro atoms. The standard InChI is InChI=1S/C14H22/c1-2-4-6-8-10-12-14-13-11-9-7-5-3-1/h1-2,7,9-10,12H,3-6,8,11,13-14H2/b2-1+,9-7+,12-10-. The van der Waals surface area contributed by atoms with Crippen molar-refractivity contribution in [2.75, 3.05) is 0 Å². The van der Waals surface area contributed by atoms with Gasteiger partial charge in [0.2, 0.25) is 0 Å². The van der Waals surface area contributed by atoms with Gasteiger partial charge in [-0.2, -0.15) is 0 Å². The Kier molecular flexibility index (Phi) is 7.10. The zero-order chi connectivity index (χ0) is 9.90. The van der Waals surface area contributed by atoms with Crippen LogP contribution in [0.1, 0.15) is 51.4 Å². The molecule has 0 fully saturated rings. The van der Waals surface area contributed by atoms with Crippen LogP contribution in [-0.4, -0.2) is 0 Å². The quantitative estimate of drug-likeness (QED) is 0.482. The van der Waals surface area contributed by atoms with E-state index in [1.165, 1.54) is 51.4 Å². The zero-order valence-electron chi connectivity index (χ0n) is 9.12. The topological polar surface area (TPSA) is 0 Å². The van der Waals surface area contributed by atoms with Crippen molar-refractivity contribution in [1.82, 2.24) is 0 Å². The van der Waals surface area contributed by atoms with Gasteiger partial charge in [-0.05, 0) is 51.4 Å². The van der Waals surface area contributed by atoms with E-state index in [0.717, 1.165) is 0 Å². The van der Waals surface area contributed by atoms with Crippen LogP contribution in [0.4, 0.5) is 0 Å². The lowest BCUT2D eigenvalue weighted by Gasteiger charge is -1.94. The molecule has 78 valence electrons. The first-order chi connectivity index (χ1) is 7.00. The zero-order valence-corrected chi connectivity index (χ0v) is 9.12. The third kappa shape index (κ3) is 6.71. The lowest BCUT2D eigenvalue weighted by molar-refractivity contribution is 0.832. The summed E-state index contributed by atoms with van der Waals surface area (Å²) < 4.78 is 0. The van der Waals surface area contributed by atoms with Crippen LogP contribution in [0, 0.1) is 0 Å². The molecule has 0 aromatic rings. The van der Waals surface area contributed by atoms with Gasteiger partial charge in [-0.15, -0.1) is 0 Å². The van der Waals surface area contributed by atoms with Crippen LogP contribution in [-0.2, 0) is 0 Å². The van der Waals surface area contributed by atoms with Crippen LogP contribution in [0.15, 0.2) is 36.5 Å².